The Morgan fingerprint density at radius 1 is 1.41 bits per heavy atom. The van der Waals surface area contributed by atoms with Gasteiger partial charge in [-0.25, -0.2) is 4.39 Å². The molecular weight excluding hydrogens is 221 g/mol. The largest absolute Gasteiger partial charge is 0.481 e. The summed E-state index contributed by atoms with van der Waals surface area (Å²) in [5.41, 5.74) is 1.72. The summed E-state index contributed by atoms with van der Waals surface area (Å²) in [6, 6.07) is 5.08. The van der Waals surface area contributed by atoms with Crippen molar-refractivity contribution in [1.29, 1.82) is 0 Å². The minimum atomic E-state index is -0.783. The van der Waals surface area contributed by atoms with Gasteiger partial charge in [0.2, 0.25) is 0 Å². The molecular formula is C13H18FNO2. The quantitative estimate of drug-likeness (QED) is 0.826. The molecule has 0 heterocycles. The lowest BCUT2D eigenvalue weighted by atomic mass is 10.1. The number of aliphatic carboxylic acids is 1. The second kappa shape index (κ2) is 6.35. The fourth-order valence-corrected chi connectivity index (χ4v) is 1.58. The predicted octanol–water partition coefficient (Wildman–Crippen LogP) is 2.08. The number of hydrogen-bond donors (Lipinski definition) is 1. The topological polar surface area (TPSA) is 40.5 Å². The van der Waals surface area contributed by atoms with E-state index in [0.29, 0.717) is 12.1 Å². The molecule has 0 spiro atoms. The predicted molar refractivity (Wildman–Crippen MR) is 64.6 cm³/mol. The fraction of sp³-hybridized carbons (Fsp3) is 0.462. The van der Waals surface area contributed by atoms with Crippen molar-refractivity contribution in [3.8, 4) is 0 Å². The molecule has 0 unspecified atom stereocenters. The van der Waals surface area contributed by atoms with Gasteiger partial charge in [0.15, 0.2) is 0 Å². The lowest BCUT2D eigenvalue weighted by molar-refractivity contribution is -0.137. The summed E-state index contributed by atoms with van der Waals surface area (Å²) in [4.78, 5) is 12.4. The Hall–Kier alpha value is -1.42. The molecule has 0 aliphatic rings. The third-order valence-corrected chi connectivity index (χ3v) is 2.71. The summed E-state index contributed by atoms with van der Waals surface area (Å²) < 4.78 is 13.0. The van der Waals surface area contributed by atoms with E-state index in [0.717, 1.165) is 18.5 Å². The molecule has 1 N–H and O–H groups in total. The molecule has 0 saturated carbocycles. The van der Waals surface area contributed by atoms with E-state index in [1.54, 1.807) is 13.0 Å². The van der Waals surface area contributed by atoms with Gasteiger partial charge in [-0.2, -0.15) is 0 Å². The number of aryl methyl sites for hydroxylation is 1. The van der Waals surface area contributed by atoms with Crippen LogP contribution in [0.15, 0.2) is 18.2 Å². The van der Waals surface area contributed by atoms with Gasteiger partial charge >= 0.3 is 5.97 Å². The molecule has 3 nitrogen and oxygen atoms in total. The summed E-state index contributed by atoms with van der Waals surface area (Å²) >= 11 is 0. The van der Waals surface area contributed by atoms with Crippen molar-refractivity contribution >= 4 is 5.97 Å². The van der Waals surface area contributed by atoms with Crippen LogP contribution in [0.2, 0.25) is 0 Å². The third kappa shape index (κ3) is 4.95. The first kappa shape index (κ1) is 13.6. The molecule has 0 aliphatic heterocycles. The van der Waals surface area contributed by atoms with E-state index >= 15 is 0 Å². The molecule has 0 atom stereocenters. The Labute approximate surface area is 101 Å². The van der Waals surface area contributed by atoms with Gasteiger partial charge in [0.05, 0.1) is 6.42 Å². The lowest BCUT2D eigenvalue weighted by Gasteiger charge is -2.15. The highest BCUT2D eigenvalue weighted by atomic mass is 19.1. The summed E-state index contributed by atoms with van der Waals surface area (Å²) in [5, 5.41) is 8.55. The SMILES string of the molecule is Cc1cc(CCN(C)CCC(=O)O)ccc1F. The van der Waals surface area contributed by atoms with Gasteiger partial charge in [-0.05, 0) is 37.6 Å². The summed E-state index contributed by atoms with van der Waals surface area (Å²) in [6.07, 6.45) is 0.955. The number of benzene rings is 1. The molecule has 0 aliphatic carbocycles. The number of rotatable bonds is 6. The van der Waals surface area contributed by atoms with E-state index in [9.17, 15) is 9.18 Å². The van der Waals surface area contributed by atoms with Crippen LogP contribution in [0.4, 0.5) is 4.39 Å². The van der Waals surface area contributed by atoms with Crippen LogP contribution < -0.4 is 0 Å². The van der Waals surface area contributed by atoms with Crippen LogP contribution in [0.5, 0.6) is 0 Å². The van der Waals surface area contributed by atoms with Crippen LogP contribution >= 0.6 is 0 Å². The number of carbonyl (C=O) groups is 1. The highest BCUT2D eigenvalue weighted by Crippen LogP contribution is 2.10. The van der Waals surface area contributed by atoms with Gasteiger partial charge in [0.1, 0.15) is 5.82 Å². The first-order valence-electron chi connectivity index (χ1n) is 5.64. The standard InChI is InChI=1S/C13H18FNO2/c1-10-9-11(3-4-12(10)14)5-7-15(2)8-6-13(16)17/h3-4,9H,5-8H2,1-2H3,(H,16,17). The average molecular weight is 239 g/mol. The number of carboxylic acids is 1. The normalized spacial score (nSPS) is 10.8. The number of halogens is 1. The van der Waals surface area contributed by atoms with E-state index in [2.05, 4.69) is 0 Å². The second-order valence-electron chi connectivity index (χ2n) is 4.28. The van der Waals surface area contributed by atoms with Crippen molar-refractivity contribution in [3.05, 3.63) is 35.1 Å². The minimum absolute atomic E-state index is 0.152. The van der Waals surface area contributed by atoms with E-state index in [-0.39, 0.29) is 12.2 Å². The third-order valence-electron chi connectivity index (χ3n) is 2.71. The van der Waals surface area contributed by atoms with Gasteiger partial charge < -0.3 is 10.0 Å². The minimum Gasteiger partial charge on any atom is -0.481 e. The molecule has 0 amide bonds. The van der Waals surface area contributed by atoms with Gasteiger partial charge in [-0.3, -0.25) is 4.79 Å². The molecule has 0 bridgehead atoms. The molecule has 4 heteroatoms. The molecule has 1 aromatic rings. The highest BCUT2D eigenvalue weighted by molar-refractivity contribution is 5.66. The zero-order chi connectivity index (χ0) is 12.8. The van der Waals surface area contributed by atoms with Crippen LogP contribution in [0.3, 0.4) is 0 Å². The zero-order valence-corrected chi connectivity index (χ0v) is 10.2. The molecule has 0 saturated heterocycles. The van der Waals surface area contributed by atoms with Crippen molar-refractivity contribution < 1.29 is 14.3 Å². The van der Waals surface area contributed by atoms with Gasteiger partial charge in [-0.1, -0.05) is 12.1 Å². The summed E-state index contributed by atoms with van der Waals surface area (Å²) in [5.74, 6) is -0.970. The maximum atomic E-state index is 13.0. The highest BCUT2D eigenvalue weighted by Gasteiger charge is 2.04. The Morgan fingerprint density at radius 3 is 2.71 bits per heavy atom. The van der Waals surface area contributed by atoms with Crippen molar-refractivity contribution in [2.45, 2.75) is 19.8 Å². The molecule has 0 fully saturated rings. The molecule has 0 radical (unpaired) electrons. The van der Waals surface area contributed by atoms with Crippen LogP contribution in [-0.2, 0) is 11.2 Å². The summed E-state index contributed by atoms with van der Waals surface area (Å²) in [7, 11) is 1.89. The monoisotopic (exact) mass is 239 g/mol. The van der Waals surface area contributed by atoms with Crippen LogP contribution in [0, 0.1) is 12.7 Å². The van der Waals surface area contributed by atoms with E-state index in [4.69, 9.17) is 5.11 Å². The molecule has 0 aromatic heterocycles. The number of likely N-dealkylation sites (N-methyl/N-ethyl adjacent to an activating group) is 1. The Balaban J connectivity index is 2.39. The van der Waals surface area contributed by atoms with Crippen LogP contribution in [-0.4, -0.2) is 36.1 Å². The zero-order valence-electron chi connectivity index (χ0n) is 10.2. The number of nitrogens with zero attached hydrogens (tertiary/aromatic N) is 1. The Bertz CT molecular complexity index is 393. The molecule has 1 rings (SSSR count). The maximum Gasteiger partial charge on any atom is 0.304 e. The first-order chi connectivity index (χ1) is 7.99. The van der Waals surface area contributed by atoms with Crippen LogP contribution in [0.25, 0.3) is 0 Å². The average Bonchev–Trinajstić information content (AvgIpc) is 2.28. The van der Waals surface area contributed by atoms with E-state index in [1.807, 2.05) is 18.0 Å². The van der Waals surface area contributed by atoms with Gasteiger partial charge in [-0.15, -0.1) is 0 Å². The number of carboxylic acid groups (broad SMARTS) is 1. The number of hydrogen-bond acceptors (Lipinski definition) is 2. The summed E-state index contributed by atoms with van der Waals surface area (Å²) in [6.45, 7) is 3.06. The maximum absolute atomic E-state index is 13.0. The fourth-order valence-electron chi connectivity index (χ4n) is 1.58. The van der Waals surface area contributed by atoms with Crippen molar-refractivity contribution in [2.24, 2.45) is 0 Å². The Kier molecular flexibility index (Phi) is 5.10. The van der Waals surface area contributed by atoms with Gasteiger partial charge in [0, 0.05) is 13.1 Å². The van der Waals surface area contributed by atoms with Crippen molar-refractivity contribution in [2.75, 3.05) is 20.1 Å². The first-order valence-corrected chi connectivity index (χ1v) is 5.64. The smallest absolute Gasteiger partial charge is 0.304 e. The lowest BCUT2D eigenvalue weighted by Crippen LogP contribution is -2.24. The van der Waals surface area contributed by atoms with E-state index < -0.39 is 5.97 Å². The van der Waals surface area contributed by atoms with Crippen molar-refractivity contribution in [1.82, 2.24) is 4.90 Å². The molecule has 17 heavy (non-hydrogen) atoms. The van der Waals surface area contributed by atoms with E-state index in [1.165, 1.54) is 6.07 Å². The van der Waals surface area contributed by atoms with Crippen LogP contribution in [0.1, 0.15) is 17.5 Å². The molecule has 1 aromatic carbocycles. The Morgan fingerprint density at radius 2 is 2.12 bits per heavy atom. The second-order valence-corrected chi connectivity index (χ2v) is 4.28. The van der Waals surface area contributed by atoms with Crippen molar-refractivity contribution in [3.63, 3.8) is 0 Å². The van der Waals surface area contributed by atoms with Gasteiger partial charge in [0.25, 0.3) is 0 Å². The molecule has 94 valence electrons.